The van der Waals surface area contributed by atoms with Crippen LogP contribution in [0.3, 0.4) is 0 Å². The zero-order valence-corrected chi connectivity index (χ0v) is 9.13. The van der Waals surface area contributed by atoms with Crippen molar-refractivity contribution in [3.63, 3.8) is 0 Å². The fourth-order valence-corrected chi connectivity index (χ4v) is 1.19. The number of rotatable bonds is 2. The summed E-state index contributed by atoms with van der Waals surface area (Å²) < 4.78 is 30.4. The number of alkyl carbamates (subject to hydrolysis) is 1. The highest BCUT2D eigenvalue weighted by atomic mass is 19.3. The Labute approximate surface area is 90.8 Å². The van der Waals surface area contributed by atoms with Crippen LogP contribution >= 0.6 is 0 Å². The van der Waals surface area contributed by atoms with Gasteiger partial charge in [0.25, 0.3) is 5.92 Å². The van der Waals surface area contributed by atoms with E-state index in [2.05, 4.69) is 0 Å². The number of alkyl halides is 2. The average molecular weight is 237 g/mol. The lowest BCUT2D eigenvalue weighted by Gasteiger charge is -2.21. The maximum atomic E-state index is 12.8. The molecule has 1 aliphatic carbocycles. The molecule has 1 atom stereocenters. The summed E-state index contributed by atoms with van der Waals surface area (Å²) in [6.07, 6.45) is -2.07. The van der Waals surface area contributed by atoms with Crippen LogP contribution in [0, 0.1) is 0 Å². The van der Waals surface area contributed by atoms with Crippen molar-refractivity contribution in [2.24, 2.45) is 0 Å². The van der Waals surface area contributed by atoms with Crippen LogP contribution in [0.4, 0.5) is 13.6 Å². The molecule has 1 unspecified atom stereocenters. The maximum absolute atomic E-state index is 12.8. The second kappa shape index (κ2) is 3.29. The molecule has 7 heteroatoms. The second-order valence-corrected chi connectivity index (χ2v) is 4.72. The molecule has 92 valence electrons. The Balaban J connectivity index is 2.67. The molecule has 1 aliphatic rings. The summed E-state index contributed by atoms with van der Waals surface area (Å²) in [5.74, 6) is -5.18. The van der Waals surface area contributed by atoms with E-state index in [1.165, 1.54) is 0 Å². The van der Waals surface area contributed by atoms with E-state index in [9.17, 15) is 18.4 Å². The molecule has 1 fully saturated rings. The quantitative estimate of drug-likeness (QED) is 0.760. The first-order valence-corrected chi connectivity index (χ1v) is 4.63. The monoisotopic (exact) mass is 237 g/mol. The Bertz CT molecular complexity index is 337. The van der Waals surface area contributed by atoms with Gasteiger partial charge in [0.05, 0.1) is 6.42 Å². The van der Waals surface area contributed by atoms with E-state index in [4.69, 9.17) is 9.84 Å². The van der Waals surface area contributed by atoms with Crippen LogP contribution in [0.2, 0.25) is 0 Å². The first-order valence-electron chi connectivity index (χ1n) is 4.63. The Morgan fingerprint density at radius 1 is 1.38 bits per heavy atom. The van der Waals surface area contributed by atoms with Crippen LogP contribution in [0.25, 0.3) is 0 Å². The standard InChI is InChI=1S/C9H13F2NO4/c1-7(2,3)16-6(15)12-8(5(13)14)4-9(8,10)11/h4H2,1-3H3,(H,12,15)(H,13,14). The topological polar surface area (TPSA) is 75.6 Å². The molecule has 1 amide bonds. The Morgan fingerprint density at radius 2 is 1.81 bits per heavy atom. The van der Waals surface area contributed by atoms with Gasteiger partial charge in [0, 0.05) is 0 Å². The molecule has 0 aromatic heterocycles. The predicted molar refractivity (Wildman–Crippen MR) is 49.3 cm³/mol. The predicted octanol–water partition coefficient (Wildman–Crippen LogP) is 1.37. The van der Waals surface area contributed by atoms with Crippen molar-refractivity contribution < 1.29 is 28.2 Å². The van der Waals surface area contributed by atoms with E-state index in [1.807, 2.05) is 0 Å². The SMILES string of the molecule is CC(C)(C)OC(=O)NC1(C(=O)O)CC1(F)F. The van der Waals surface area contributed by atoms with Gasteiger partial charge in [-0.25, -0.2) is 18.4 Å². The molecule has 0 heterocycles. The van der Waals surface area contributed by atoms with Gasteiger partial charge in [0.15, 0.2) is 0 Å². The first-order chi connectivity index (χ1) is 7.00. The minimum atomic E-state index is -3.42. The lowest BCUT2D eigenvalue weighted by molar-refractivity contribution is -0.143. The van der Waals surface area contributed by atoms with Crippen LogP contribution in [0.5, 0.6) is 0 Å². The van der Waals surface area contributed by atoms with Gasteiger partial charge in [-0.1, -0.05) is 0 Å². The summed E-state index contributed by atoms with van der Waals surface area (Å²) >= 11 is 0. The van der Waals surface area contributed by atoms with Crippen LogP contribution in [0.15, 0.2) is 0 Å². The van der Waals surface area contributed by atoms with E-state index >= 15 is 0 Å². The van der Waals surface area contributed by atoms with E-state index in [0.717, 1.165) is 0 Å². The number of halogens is 2. The molecule has 5 nitrogen and oxygen atoms in total. The van der Waals surface area contributed by atoms with Gasteiger partial charge in [-0.05, 0) is 20.8 Å². The summed E-state index contributed by atoms with van der Waals surface area (Å²) in [7, 11) is 0. The summed E-state index contributed by atoms with van der Waals surface area (Å²) in [6, 6.07) is 0. The molecule has 0 radical (unpaired) electrons. The van der Waals surface area contributed by atoms with E-state index in [1.54, 1.807) is 26.1 Å². The third-order valence-electron chi connectivity index (χ3n) is 2.07. The van der Waals surface area contributed by atoms with Crippen molar-refractivity contribution in [3.8, 4) is 0 Å². The van der Waals surface area contributed by atoms with E-state index in [0.29, 0.717) is 0 Å². The Kier molecular flexibility index (Phi) is 2.61. The zero-order valence-electron chi connectivity index (χ0n) is 9.13. The number of ether oxygens (including phenoxy) is 1. The highest BCUT2D eigenvalue weighted by molar-refractivity contribution is 5.89. The number of aliphatic carboxylic acids is 1. The van der Waals surface area contributed by atoms with Crippen molar-refractivity contribution in [2.45, 2.75) is 44.3 Å². The first kappa shape index (κ1) is 12.7. The van der Waals surface area contributed by atoms with E-state index < -0.39 is 35.5 Å². The van der Waals surface area contributed by atoms with Crippen LogP contribution in [-0.4, -0.2) is 34.2 Å². The molecule has 0 aromatic carbocycles. The smallest absolute Gasteiger partial charge is 0.408 e. The van der Waals surface area contributed by atoms with Gasteiger partial charge in [-0.3, -0.25) is 5.32 Å². The number of nitrogens with one attached hydrogen (secondary N) is 1. The number of hydrogen-bond acceptors (Lipinski definition) is 3. The lowest BCUT2D eigenvalue weighted by atomic mass is 10.2. The van der Waals surface area contributed by atoms with Gasteiger partial charge in [0.2, 0.25) is 5.54 Å². The molecule has 0 spiro atoms. The highest BCUT2D eigenvalue weighted by Gasteiger charge is 2.78. The number of hydrogen-bond donors (Lipinski definition) is 2. The van der Waals surface area contributed by atoms with Crippen molar-refractivity contribution in [1.29, 1.82) is 0 Å². The molecule has 1 rings (SSSR count). The Morgan fingerprint density at radius 3 is 2.06 bits per heavy atom. The van der Waals surface area contributed by atoms with Gasteiger partial charge in [-0.15, -0.1) is 0 Å². The number of amides is 1. The lowest BCUT2D eigenvalue weighted by Crippen LogP contribution is -2.49. The van der Waals surface area contributed by atoms with Gasteiger partial charge >= 0.3 is 12.1 Å². The Hall–Kier alpha value is -1.40. The van der Waals surface area contributed by atoms with E-state index in [-0.39, 0.29) is 0 Å². The number of carboxylic acid groups (broad SMARTS) is 1. The highest BCUT2D eigenvalue weighted by Crippen LogP contribution is 2.52. The van der Waals surface area contributed by atoms with Crippen LogP contribution < -0.4 is 5.32 Å². The number of carbonyl (C=O) groups excluding carboxylic acids is 1. The van der Waals surface area contributed by atoms with Crippen molar-refractivity contribution >= 4 is 12.1 Å². The molecular weight excluding hydrogens is 224 g/mol. The third kappa shape index (κ3) is 2.23. The number of carbonyl (C=O) groups is 2. The molecule has 0 aliphatic heterocycles. The average Bonchev–Trinajstić information content (AvgIpc) is 2.49. The molecule has 0 aromatic rings. The van der Waals surface area contributed by atoms with Gasteiger partial charge < -0.3 is 9.84 Å². The van der Waals surface area contributed by atoms with Crippen molar-refractivity contribution in [2.75, 3.05) is 0 Å². The summed E-state index contributed by atoms with van der Waals surface area (Å²) in [4.78, 5) is 21.8. The minimum absolute atomic E-state index is 0.867. The maximum Gasteiger partial charge on any atom is 0.408 e. The van der Waals surface area contributed by atoms with Gasteiger partial charge in [-0.2, -0.15) is 0 Å². The normalized spacial score (nSPS) is 27.1. The van der Waals surface area contributed by atoms with Gasteiger partial charge in [0.1, 0.15) is 5.60 Å². The fraction of sp³-hybridized carbons (Fsp3) is 0.778. The molecule has 16 heavy (non-hydrogen) atoms. The van der Waals surface area contributed by atoms with Crippen molar-refractivity contribution in [1.82, 2.24) is 5.32 Å². The minimum Gasteiger partial charge on any atom is -0.479 e. The largest absolute Gasteiger partial charge is 0.479 e. The number of carboxylic acids is 1. The zero-order chi connectivity index (χ0) is 12.8. The van der Waals surface area contributed by atoms with Crippen molar-refractivity contribution in [3.05, 3.63) is 0 Å². The molecule has 1 saturated carbocycles. The van der Waals surface area contributed by atoms with Crippen LogP contribution in [0.1, 0.15) is 27.2 Å². The molecule has 2 N–H and O–H groups in total. The fourth-order valence-electron chi connectivity index (χ4n) is 1.19. The summed E-state index contributed by atoms with van der Waals surface area (Å²) in [5, 5.41) is 10.3. The molecular formula is C9H13F2NO4. The third-order valence-corrected chi connectivity index (χ3v) is 2.07. The summed E-state index contributed by atoms with van der Waals surface area (Å²) in [5.41, 5.74) is -3.37. The molecule has 0 bridgehead atoms. The molecule has 0 saturated heterocycles. The van der Waals surface area contributed by atoms with Crippen LogP contribution in [-0.2, 0) is 9.53 Å². The second-order valence-electron chi connectivity index (χ2n) is 4.72. The summed E-state index contributed by atoms with van der Waals surface area (Å²) in [6.45, 7) is 4.64.